The lowest BCUT2D eigenvalue weighted by Crippen LogP contribution is -2.17. The second kappa shape index (κ2) is 8.09. The highest BCUT2D eigenvalue weighted by Gasteiger charge is 2.27. The molecule has 2 heterocycles. The van der Waals surface area contributed by atoms with Crippen molar-refractivity contribution in [1.82, 2.24) is 4.98 Å². The number of rotatable bonds is 7. The average molecular weight is 473 g/mol. The molecule has 0 saturated carbocycles. The van der Waals surface area contributed by atoms with E-state index < -0.39 is 36.6 Å². The molecule has 0 amide bonds. The topological polar surface area (TPSA) is 144 Å². The van der Waals surface area contributed by atoms with Crippen LogP contribution in [0.25, 0.3) is 11.0 Å². The van der Waals surface area contributed by atoms with Gasteiger partial charge < -0.3 is 9.52 Å². The Morgan fingerprint density at radius 3 is 2.44 bits per heavy atom. The minimum atomic E-state index is -4.27. The SMILES string of the molecule is O=C(O)c1ccccc1CS(=O)(=O)c1ncccc1NS(=O)(=O)c1cc2ccccc2o1. The van der Waals surface area contributed by atoms with Crippen LogP contribution in [-0.2, 0) is 25.6 Å². The number of carboxylic acid groups (broad SMARTS) is 1. The van der Waals surface area contributed by atoms with E-state index in [-0.39, 0.29) is 21.9 Å². The Labute approximate surface area is 183 Å². The summed E-state index contributed by atoms with van der Waals surface area (Å²) in [5.74, 6) is -1.95. The number of hydrogen-bond donors (Lipinski definition) is 2. The highest BCUT2D eigenvalue weighted by atomic mass is 32.2. The van der Waals surface area contributed by atoms with Crippen molar-refractivity contribution in [3.8, 4) is 0 Å². The summed E-state index contributed by atoms with van der Waals surface area (Å²) >= 11 is 0. The lowest BCUT2D eigenvalue weighted by Gasteiger charge is -2.12. The number of sulfonamides is 1. The fourth-order valence-corrected chi connectivity index (χ4v) is 5.70. The molecule has 0 aliphatic carbocycles. The van der Waals surface area contributed by atoms with E-state index in [9.17, 15) is 26.7 Å². The normalized spacial score (nSPS) is 12.0. The van der Waals surface area contributed by atoms with Gasteiger partial charge in [0.15, 0.2) is 5.03 Å². The first kappa shape index (κ1) is 21.5. The van der Waals surface area contributed by atoms with Gasteiger partial charge >= 0.3 is 5.97 Å². The molecule has 0 fully saturated rings. The lowest BCUT2D eigenvalue weighted by atomic mass is 10.1. The Morgan fingerprint density at radius 2 is 1.69 bits per heavy atom. The minimum Gasteiger partial charge on any atom is -0.478 e. The molecule has 11 heteroatoms. The van der Waals surface area contributed by atoms with Gasteiger partial charge in [-0.1, -0.05) is 36.4 Å². The van der Waals surface area contributed by atoms with Crippen LogP contribution in [0.15, 0.2) is 87.5 Å². The van der Waals surface area contributed by atoms with E-state index in [0.29, 0.717) is 11.0 Å². The van der Waals surface area contributed by atoms with Crippen molar-refractivity contribution in [3.63, 3.8) is 0 Å². The standard InChI is InChI=1S/C21H16N2O7S2/c24-21(25)16-8-3-1-7-15(16)13-31(26,27)20-17(9-5-11-22-20)23-32(28,29)19-12-14-6-2-4-10-18(14)30-19/h1-12,23H,13H2,(H,24,25). The van der Waals surface area contributed by atoms with Crippen molar-refractivity contribution in [3.05, 3.63) is 84.1 Å². The van der Waals surface area contributed by atoms with E-state index in [2.05, 4.69) is 9.71 Å². The van der Waals surface area contributed by atoms with Gasteiger partial charge in [-0.05, 0) is 29.8 Å². The molecule has 0 atom stereocenters. The summed E-state index contributed by atoms with van der Waals surface area (Å²) in [6, 6.07) is 16.3. The number of hydrogen-bond acceptors (Lipinski definition) is 7. The van der Waals surface area contributed by atoms with Crippen molar-refractivity contribution in [1.29, 1.82) is 0 Å². The number of fused-ring (bicyclic) bond motifs is 1. The van der Waals surface area contributed by atoms with E-state index in [1.807, 2.05) is 0 Å². The molecule has 0 saturated heterocycles. The van der Waals surface area contributed by atoms with Crippen LogP contribution in [0.1, 0.15) is 15.9 Å². The predicted octanol–water partition coefficient (Wildman–Crippen LogP) is 3.30. The van der Waals surface area contributed by atoms with E-state index in [1.54, 1.807) is 24.3 Å². The number of aromatic nitrogens is 1. The molecule has 2 aromatic carbocycles. The quantitative estimate of drug-likeness (QED) is 0.417. The van der Waals surface area contributed by atoms with Crippen molar-refractivity contribution in [2.45, 2.75) is 15.9 Å². The zero-order valence-electron chi connectivity index (χ0n) is 16.3. The molecule has 4 rings (SSSR count). The van der Waals surface area contributed by atoms with Gasteiger partial charge in [0.1, 0.15) is 5.58 Å². The Balaban J connectivity index is 1.70. The summed E-state index contributed by atoms with van der Waals surface area (Å²) in [4.78, 5) is 15.3. The Kier molecular flexibility index (Phi) is 5.45. The molecular formula is C21H16N2O7S2. The first-order valence-corrected chi connectivity index (χ1v) is 12.3. The maximum atomic E-state index is 13.0. The number of carboxylic acids is 1. The lowest BCUT2D eigenvalue weighted by molar-refractivity contribution is 0.0696. The van der Waals surface area contributed by atoms with Crippen molar-refractivity contribution in [2.75, 3.05) is 4.72 Å². The van der Waals surface area contributed by atoms with Crippen LogP contribution in [0, 0.1) is 0 Å². The van der Waals surface area contributed by atoms with Gasteiger partial charge in [-0.2, -0.15) is 8.42 Å². The number of carbonyl (C=O) groups is 1. The van der Waals surface area contributed by atoms with Gasteiger partial charge in [0.25, 0.3) is 10.0 Å². The van der Waals surface area contributed by atoms with Gasteiger partial charge in [0.05, 0.1) is 17.0 Å². The summed E-state index contributed by atoms with van der Waals surface area (Å²) in [6.07, 6.45) is 1.20. The van der Waals surface area contributed by atoms with Crippen LogP contribution in [0.3, 0.4) is 0 Å². The van der Waals surface area contributed by atoms with Crippen LogP contribution in [-0.4, -0.2) is 32.9 Å². The highest BCUT2D eigenvalue weighted by Crippen LogP contribution is 2.28. The maximum absolute atomic E-state index is 13.0. The molecule has 0 spiro atoms. The van der Waals surface area contributed by atoms with E-state index in [1.165, 1.54) is 48.7 Å². The smallest absolute Gasteiger partial charge is 0.335 e. The van der Waals surface area contributed by atoms with Gasteiger partial charge in [-0.25, -0.2) is 18.2 Å². The van der Waals surface area contributed by atoms with Crippen LogP contribution in [0.5, 0.6) is 0 Å². The third-order valence-electron chi connectivity index (χ3n) is 4.57. The van der Waals surface area contributed by atoms with Crippen molar-refractivity contribution in [2.24, 2.45) is 0 Å². The molecule has 0 aliphatic rings. The zero-order chi connectivity index (χ0) is 22.9. The fourth-order valence-electron chi connectivity index (χ4n) is 3.13. The maximum Gasteiger partial charge on any atom is 0.335 e. The Morgan fingerprint density at radius 1 is 0.969 bits per heavy atom. The van der Waals surface area contributed by atoms with Gasteiger partial charge in [-0.15, -0.1) is 0 Å². The second-order valence-corrected chi connectivity index (χ2v) is 10.3. The molecule has 2 N–H and O–H groups in total. The third-order valence-corrected chi connectivity index (χ3v) is 7.40. The molecule has 0 aliphatic heterocycles. The molecule has 0 bridgehead atoms. The molecule has 0 unspecified atom stereocenters. The molecule has 164 valence electrons. The number of para-hydroxylation sites is 1. The van der Waals surface area contributed by atoms with E-state index >= 15 is 0 Å². The summed E-state index contributed by atoms with van der Waals surface area (Å²) in [5, 5.41) is 8.97. The van der Waals surface area contributed by atoms with Crippen LogP contribution in [0.2, 0.25) is 0 Å². The summed E-state index contributed by atoms with van der Waals surface area (Å²) < 4.78 is 59.4. The first-order valence-electron chi connectivity index (χ1n) is 9.18. The molecule has 0 radical (unpaired) electrons. The number of aromatic carboxylic acids is 1. The second-order valence-electron chi connectivity index (χ2n) is 6.79. The molecular weight excluding hydrogens is 456 g/mol. The average Bonchev–Trinajstić information content (AvgIpc) is 3.19. The van der Waals surface area contributed by atoms with Crippen molar-refractivity contribution >= 4 is 42.5 Å². The number of nitrogens with one attached hydrogen (secondary N) is 1. The number of pyridine rings is 1. The highest BCUT2D eigenvalue weighted by molar-refractivity contribution is 7.93. The largest absolute Gasteiger partial charge is 0.478 e. The number of anilines is 1. The Bertz CT molecular complexity index is 1510. The van der Waals surface area contributed by atoms with Gasteiger partial charge in [0, 0.05) is 17.6 Å². The minimum absolute atomic E-state index is 0.0525. The number of sulfone groups is 1. The molecule has 4 aromatic rings. The first-order chi connectivity index (χ1) is 15.2. The molecule has 2 aromatic heterocycles. The molecule has 32 heavy (non-hydrogen) atoms. The number of benzene rings is 2. The van der Waals surface area contributed by atoms with Crippen LogP contribution >= 0.6 is 0 Å². The molecule has 9 nitrogen and oxygen atoms in total. The fraction of sp³-hybridized carbons (Fsp3) is 0.0476. The Hall–Kier alpha value is -3.70. The third kappa shape index (κ3) is 4.20. The number of furan rings is 1. The number of nitrogens with zero attached hydrogens (tertiary/aromatic N) is 1. The van der Waals surface area contributed by atoms with Crippen LogP contribution < -0.4 is 4.72 Å². The van der Waals surface area contributed by atoms with Crippen molar-refractivity contribution < 1.29 is 31.2 Å². The van der Waals surface area contributed by atoms with Gasteiger partial charge in [-0.3, -0.25) is 4.72 Å². The predicted molar refractivity (Wildman–Crippen MR) is 116 cm³/mol. The van der Waals surface area contributed by atoms with Gasteiger partial charge in [0.2, 0.25) is 14.9 Å². The van der Waals surface area contributed by atoms with E-state index in [0.717, 1.165) is 0 Å². The monoisotopic (exact) mass is 472 g/mol. The summed E-state index contributed by atoms with van der Waals surface area (Å²) in [6.45, 7) is 0. The summed E-state index contributed by atoms with van der Waals surface area (Å²) in [5.41, 5.74) is -0.0360. The van der Waals surface area contributed by atoms with E-state index in [4.69, 9.17) is 4.42 Å². The zero-order valence-corrected chi connectivity index (χ0v) is 17.9. The summed E-state index contributed by atoms with van der Waals surface area (Å²) in [7, 11) is -8.48. The van der Waals surface area contributed by atoms with Crippen LogP contribution in [0.4, 0.5) is 5.69 Å².